The number of rotatable bonds is 5. The maximum Gasteiger partial charge on any atom is 0.231 e. The van der Waals surface area contributed by atoms with Crippen LogP contribution in [-0.2, 0) is 13.5 Å². The number of aryl methyl sites for hydroxylation is 1. The highest BCUT2D eigenvalue weighted by Gasteiger charge is 2.15. The second-order valence-electron chi connectivity index (χ2n) is 4.99. The monoisotopic (exact) mass is 273 g/mol. The molecule has 1 aliphatic rings. The first-order valence-corrected chi connectivity index (χ1v) is 6.83. The van der Waals surface area contributed by atoms with E-state index in [0.29, 0.717) is 6.79 Å². The number of nitrogens with one attached hydrogen (secondary N) is 1. The summed E-state index contributed by atoms with van der Waals surface area (Å²) >= 11 is 0. The fourth-order valence-corrected chi connectivity index (χ4v) is 2.34. The number of nitrogens with zero attached hydrogens (tertiary/aromatic N) is 2. The van der Waals surface area contributed by atoms with Gasteiger partial charge in [0.05, 0.1) is 0 Å². The summed E-state index contributed by atoms with van der Waals surface area (Å²) < 4.78 is 12.8. The van der Waals surface area contributed by atoms with Crippen LogP contribution in [-0.4, -0.2) is 22.9 Å². The van der Waals surface area contributed by atoms with E-state index in [0.717, 1.165) is 30.3 Å². The number of ether oxygens (including phenoxy) is 2. The van der Waals surface area contributed by atoms with Gasteiger partial charge in [-0.2, -0.15) is 0 Å². The van der Waals surface area contributed by atoms with E-state index in [9.17, 15) is 0 Å². The molecule has 0 aliphatic carbocycles. The molecule has 1 unspecified atom stereocenters. The zero-order valence-electron chi connectivity index (χ0n) is 11.8. The van der Waals surface area contributed by atoms with E-state index in [1.807, 2.05) is 36.1 Å². The minimum Gasteiger partial charge on any atom is -0.454 e. The highest BCUT2D eigenvalue weighted by Crippen LogP contribution is 2.34. The van der Waals surface area contributed by atoms with Crippen LogP contribution in [0.3, 0.4) is 0 Å². The Balaban J connectivity index is 1.56. The first kappa shape index (κ1) is 13.0. The molecule has 2 aromatic rings. The zero-order chi connectivity index (χ0) is 13.9. The summed E-state index contributed by atoms with van der Waals surface area (Å²) in [6.45, 7) is 3.36. The Kier molecular flexibility index (Phi) is 3.60. The second-order valence-corrected chi connectivity index (χ2v) is 4.99. The molecule has 1 N–H and O–H groups in total. The molecule has 0 saturated carbocycles. The van der Waals surface area contributed by atoms with Gasteiger partial charge >= 0.3 is 0 Å². The molecule has 0 amide bonds. The molecule has 106 valence electrons. The molecule has 0 bridgehead atoms. The highest BCUT2D eigenvalue weighted by atomic mass is 16.7. The summed E-state index contributed by atoms with van der Waals surface area (Å²) in [4.78, 5) is 4.32. The van der Waals surface area contributed by atoms with Gasteiger partial charge in [-0.05, 0) is 24.6 Å². The third-order valence-electron chi connectivity index (χ3n) is 3.62. The van der Waals surface area contributed by atoms with Crippen molar-refractivity contribution in [1.29, 1.82) is 0 Å². The van der Waals surface area contributed by atoms with E-state index in [1.54, 1.807) is 0 Å². The second kappa shape index (κ2) is 5.54. The molecule has 0 saturated heterocycles. The SMILES string of the molecule is CC(NCCc1nccn1C)c1ccc2c(c1)OCO2. The Labute approximate surface area is 118 Å². The molecule has 0 radical (unpaired) electrons. The van der Waals surface area contributed by atoms with Crippen LogP contribution in [0.5, 0.6) is 11.5 Å². The fraction of sp³-hybridized carbons (Fsp3) is 0.400. The van der Waals surface area contributed by atoms with Crippen molar-refractivity contribution in [2.45, 2.75) is 19.4 Å². The van der Waals surface area contributed by atoms with Gasteiger partial charge in [-0.3, -0.25) is 0 Å². The topological polar surface area (TPSA) is 48.3 Å². The molecule has 5 heteroatoms. The van der Waals surface area contributed by atoms with Crippen molar-refractivity contribution < 1.29 is 9.47 Å². The molecule has 1 atom stereocenters. The van der Waals surface area contributed by atoms with E-state index in [4.69, 9.17) is 9.47 Å². The van der Waals surface area contributed by atoms with Gasteiger partial charge in [0.25, 0.3) is 0 Å². The predicted molar refractivity (Wildman–Crippen MR) is 75.9 cm³/mol. The van der Waals surface area contributed by atoms with E-state index >= 15 is 0 Å². The van der Waals surface area contributed by atoms with Crippen molar-refractivity contribution in [3.8, 4) is 11.5 Å². The maximum atomic E-state index is 5.41. The van der Waals surface area contributed by atoms with Gasteiger partial charge < -0.3 is 19.4 Å². The standard InChI is InChI=1S/C15H19N3O2/c1-11(16-6-5-15-17-7-8-18(15)2)12-3-4-13-14(9-12)20-10-19-13/h3-4,7-9,11,16H,5-6,10H2,1-2H3. The number of benzene rings is 1. The molecule has 5 nitrogen and oxygen atoms in total. The van der Waals surface area contributed by atoms with Gasteiger partial charge in [-0.25, -0.2) is 4.98 Å². The van der Waals surface area contributed by atoms with Gasteiger partial charge in [-0.1, -0.05) is 6.07 Å². The Morgan fingerprint density at radius 2 is 2.20 bits per heavy atom. The normalized spacial score (nSPS) is 14.5. The van der Waals surface area contributed by atoms with E-state index in [1.165, 1.54) is 5.56 Å². The lowest BCUT2D eigenvalue weighted by Gasteiger charge is -2.14. The summed E-state index contributed by atoms with van der Waals surface area (Å²) in [5, 5.41) is 3.51. The Hall–Kier alpha value is -2.01. The van der Waals surface area contributed by atoms with E-state index in [2.05, 4.69) is 23.3 Å². The number of aromatic nitrogens is 2. The Morgan fingerprint density at radius 3 is 3.00 bits per heavy atom. The molecule has 20 heavy (non-hydrogen) atoms. The third-order valence-corrected chi connectivity index (χ3v) is 3.62. The van der Waals surface area contributed by atoms with Crippen molar-refractivity contribution in [2.24, 2.45) is 7.05 Å². The molecule has 2 heterocycles. The van der Waals surface area contributed by atoms with Crippen LogP contribution in [0.2, 0.25) is 0 Å². The highest BCUT2D eigenvalue weighted by molar-refractivity contribution is 5.45. The summed E-state index contributed by atoms with van der Waals surface area (Å²) in [7, 11) is 2.02. The van der Waals surface area contributed by atoms with Crippen molar-refractivity contribution in [2.75, 3.05) is 13.3 Å². The number of hydrogen-bond donors (Lipinski definition) is 1. The first-order valence-electron chi connectivity index (χ1n) is 6.83. The number of fused-ring (bicyclic) bond motifs is 1. The molecule has 0 fully saturated rings. The Morgan fingerprint density at radius 1 is 1.35 bits per heavy atom. The number of imidazole rings is 1. The lowest BCUT2D eigenvalue weighted by atomic mass is 10.1. The van der Waals surface area contributed by atoms with Crippen molar-refractivity contribution >= 4 is 0 Å². The largest absolute Gasteiger partial charge is 0.454 e. The minimum absolute atomic E-state index is 0.268. The molecular weight excluding hydrogens is 254 g/mol. The van der Waals surface area contributed by atoms with Crippen LogP contribution in [0.15, 0.2) is 30.6 Å². The molecule has 3 rings (SSSR count). The van der Waals surface area contributed by atoms with E-state index in [-0.39, 0.29) is 6.04 Å². The average molecular weight is 273 g/mol. The molecule has 0 spiro atoms. The van der Waals surface area contributed by atoms with E-state index < -0.39 is 0 Å². The lowest BCUT2D eigenvalue weighted by molar-refractivity contribution is 0.174. The van der Waals surface area contributed by atoms with Gasteiger partial charge in [-0.15, -0.1) is 0 Å². The summed E-state index contributed by atoms with van der Waals surface area (Å²) in [5.41, 5.74) is 1.20. The van der Waals surface area contributed by atoms with Crippen LogP contribution >= 0.6 is 0 Å². The van der Waals surface area contributed by atoms with Crippen LogP contribution in [0, 0.1) is 0 Å². The van der Waals surface area contributed by atoms with Crippen molar-refractivity contribution in [1.82, 2.24) is 14.9 Å². The summed E-state index contributed by atoms with van der Waals surface area (Å²) in [5.74, 6) is 2.75. The number of hydrogen-bond acceptors (Lipinski definition) is 4. The molecule has 1 aliphatic heterocycles. The van der Waals surface area contributed by atoms with Crippen molar-refractivity contribution in [3.63, 3.8) is 0 Å². The Bertz CT molecular complexity index is 595. The quantitative estimate of drug-likeness (QED) is 0.905. The van der Waals surface area contributed by atoms with Crippen LogP contribution in [0.1, 0.15) is 24.4 Å². The van der Waals surface area contributed by atoms with Gasteiger partial charge in [0.1, 0.15) is 5.82 Å². The van der Waals surface area contributed by atoms with Gasteiger partial charge in [0, 0.05) is 38.4 Å². The predicted octanol–water partition coefficient (Wildman–Crippen LogP) is 2.04. The minimum atomic E-state index is 0.268. The zero-order valence-corrected chi connectivity index (χ0v) is 11.8. The smallest absolute Gasteiger partial charge is 0.231 e. The van der Waals surface area contributed by atoms with Crippen LogP contribution < -0.4 is 14.8 Å². The lowest BCUT2D eigenvalue weighted by Crippen LogP contribution is -2.22. The maximum absolute atomic E-state index is 5.41. The molecular formula is C15H19N3O2. The first-order chi connectivity index (χ1) is 9.74. The fourth-order valence-electron chi connectivity index (χ4n) is 2.34. The summed E-state index contributed by atoms with van der Waals surface area (Å²) in [6.07, 6.45) is 4.71. The third kappa shape index (κ3) is 2.63. The van der Waals surface area contributed by atoms with Gasteiger partial charge in [0.15, 0.2) is 11.5 Å². The summed E-state index contributed by atoms with van der Waals surface area (Å²) in [6, 6.07) is 6.35. The van der Waals surface area contributed by atoms with Crippen LogP contribution in [0.25, 0.3) is 0 Å². The molecule has 1 aromatic carbocycles. The van der Waals surface area contributed by atoms with Crippen LogP contribution in [0.4, 0.5) is 0 Å². The molecule has 1 aromatic heterocycles. The van der Waals surface area contributed by atoms with Crippen molar-refractivity contribution in [3.05, 3.63) is 42.0 Å². The average Bonchev–Trinajstić information content (AvgIpc) is 3.07. The van der Waals surface area contributed by atoms with Gasteiger partial charge in [0.2, 0.25) is 6.79 Å².